The number of furan rings is 1. The zero-order valence-electron chi connectivity index (χ0n) is 20.5. The highest BCUT2D eigenvalue weighted by Gasteiger charge is 2.19. The van der Waals surface area contributed by atoms with E-state index >= 15 is 0 Å². The average molecular weight is 469 g/mol. The van der Waals surface area contributed by atoms with E-state index in [1.807, 2.05) is 19.9 Å². The fourth-order valence-corrected chi connectivity index (χ4v) is 4.40. The van der Waals surface area contributed by atoms with Gasteiger partial charge >= 0.3 is 0 Å². The average Bonchev–Trinajstić information content (AvgIpc) is 3.23. The van der Waals surface area contributed by atoms with Crippen molar-refractivity contribution in [1.29, 1.82) is 0 Å². The summed E-state index contributed by atoms with van der Waals surface area (Å²) in [6, 6.07) is 14.8. The van der Waals surface area contributed by atoms with Gasteiger partial charge in [-0.05, 0) is 68.7 Å². The largest absolute Gasteiger partial charge is 0.496 e. The van der Waals surface area contributed by atoms with Crippen molar-refractivity contribution in [1.82, 2.24) is 0 Å². The van der Waals surface area contributed by atoms with Gasteiger partial charge in [0.2, 0.25) is 11.8 Å². The molecule has 2 amide bonds. The first kappa shape index (κ1) is 23.8. The Hall–Kier alpha value is -4.32. The summed E-state index contributed by atoms with van der Waals surface area (Å²) in [4.78, 5) is 24.2. The zero-order chi connectivity index (χ0) is 25.3. The highest BCUT2D eigenvalue weighted by molar-refractivity contribution is 6.06. The normalized spacial score (nSPS) is 11.5. The number of nitrogens with two attached hydrogens (primary N) is 1. The molecule has 0 spiro atoms. The number of allylic oxidation sites excluding steroid dienone is 1. The van der Waals surface area contributed by atoms with Crippen LogP contribution in [0.2, 0.25) is 0 Å². The number of rotatable bonds is 6. The lowest BCUT2D eigenvalue weighted by atomic mass is 9.94. The van der Waals surface area contributed by atoms with Gasteiger partial charge < -0.3 is 20.2 Å². The SMILES string of the molecule is COc1c(/C(C)=C/C(=O)Nc2cccc(C(N)=O)c2)cc2c(-c3ccc(C)cc3C)coc2c1C. The predicted octanol–water partition coefficient (Wildman–Crippen LogP) is 6.17. The molecule has 3 aromatic carbocycles. The lowest BCUT2D eigenvalue weighted by molar-refractivity contribution is -0.111. The van der Waals surface area contributed by atoms with Crippen molar-refractivity contribution in [3.63, 3.8) is 0 Å². The summed E-state index contributed by atoms with van der Waals surface area (Å²) in [5, 5.41) is 3.74. The Bertz CT molecular complexity index is 1490. The molecule has 0 bridgehead atoms. The molecule has 0 radical (unpaired) electrons. The second kappa shape index (κ2) is 9.50. The number of hydrogen-bond donors (Lipinski definition) is 2. The summed E-state index contributed by atoms with van der Waals surface area (Å²) >= 11 is 0. The molecule has 0 fully saturated rings. The number of ether oxygens (including phenoxy) is 1. The van der Waals surface area contributed by atoms with Gasteiger partial charge in [0.1, 0.15) is 11.3 Å². The molecule has 1 aromatic heterocycles. The van der Waals surface area contributed by atoms with Crippen molar-refractivity contribution in [2.45, 2.75) is 27.7 Å². The molecular formula is C29H28N2O4. The predicted molar refractivity (Wildman–Crippen MR) is 140 cm³/mol. The molecule has 0 saturated carbocycles. The van der Waals surface area contributed by atoms with Crippen LogP contribution in [0, 0.1) is 20.8 Å². The van der Waals surface area contributed by atoms with Crippen molar-refractivity contribution in [3.8, 4) is 16.9 Å². The topological polar surface area (TPSA) is 94.6 Å². The Morgan fingerprint density at radius 2 is 1.80 bits per heavy atom. The summed E-state index contributed by atoms with van der Waals surface area (Å²) in [6.07, 6.45) is 3.28. The number of nitrogens with one attached hydrogen (secondary N) is 1. The first-order chi connectivity index (χ1) is 16.7. The molecule has 4 rings (SSSR count). The molecule has 4 aromatic rings. The monoisotopic (exact) mass is 468 g/mol. The number of carbonyl (C=O) groups excluding carboxylic acids is 2. The fraction of sp³-hybridized carbons (Fsp3) is 0.172. The molecule has 178 valence electrons. The van der Waals surface area contributed by atoms with Crippen LogP contribution in [0.15, 0.2) is 65.3 Å². The van der Waals surface area contributed by atoms with Crippen molar-refractivity contribution in [2.24, 2.45) is 5.73 Å². The van der Waals surface area contributed by atoms with Crippen LogP contribution in [-0.2, 0) is 4.79 Å². The van der Waals surface area contributed by atoms with Crippen LogP contribution in [0.25, 0.3) is 27.7 Å². The fourth-order valence-electron chi connectivity index (χ4n) is 4.40. The maximum atomic E-state index is 12.8. The second-order valence-electron chi connectivity index (χ2n) is 8.69. The van der Waals surface area contributed by atoms with Gasteiger partial charge in [0, 0.05) is 39.4 Å². The first-order valence-corrected chi connectivity index (χ1v) is 11.3. The summed E-state index contributed by atoms with van der Waals surface area (Å²) in [5.41, 5.74) is 13.7. The van der Waals surface area contributed by atoms with E-state index in [0.29, 0.717) is 17.0 Å². The van der Waals surface area contributed by atoms with Gasteiger partial charge in [-0.2, -0.15) is 0 Å². The Kier molecular flexibility index (Phi) is 6.47. The van der Waals surface area contributed by atoms with Crippen LogP contribution in [-0.4, -0.2) is 18.9 Å². The molecule has 0 unspecified atom stereocenters. The highest BCUT2D eigenvalue weighted by Crippen LogP contribution is 2.41. The van der Waals surface area contributed by atoms with E-state index in [4.69, 9.17) is 14.9 Å². The van der Waals surface area contributed by atoms with Crippen molar-refractivity contribution in [3.05, 3.63) is 88.7 Å². The lowest BCUT2D eigenvalue weighted by Gasteiger charge is -2.14. The summed E-state index contributed by atoms with van der Waals surface area (Å²) in [6.45, 7) is 7.96. The second-order valence-corrected chi connectivity index (χ2v) is 8.69. The van der Waals surface area contributed by atoms with Crippen molar-refractivity contribution < 1.29 is 18.7 Å². The number of hydrogen-bond acceptors (Lipinski definition) is 4. The molecule has 0 saturated heterocycles. The van der Waals surface area contributed by atoms with E-state index in [-0.39, 0.29) is 5.91 Å². The first-order valence-electron chi connectivity index (χ1n) is 11.3. The molecule has 0 aliphatic heterocycles. The van der Waals surface area contributed by atoms with Gasteiger partial charge in [0.05, 0.1) is 13.4 Å². The minimum absolute atomic E-state index is 0.324. The molecule has 0 aliphatic rings. The third kappa shape index (κ3) is 4.68. The van der Waals surface area contributed by atoms with Crippen LogP contribution in [0.5, 0.6) is 5.75 Å². The van der Waals surface area contributed by atoms with E-state index in [1.54, 1.807) is 37.6 Å². The van der Waals surface area contributed by atoms with Crippen LogP contribution in [0.1, 0.15) is 39.5 Å². The van der Waals surface area contributed by atoms with Gasteiger partial charge in [-0.1, -0.05) is 29.8 Å². The molecule has 6 nitrogen and oxygen atoms in total. The lowest BCUT2D eigenvalue weighted by Crippen LogP contribution is -2.13. The van der Waals surface area contributed by atoms with Gasteiger partial charge in [0.15, 0.2) is 0 Å². The quantitative estimate of drug-likeness (QED) is 0.331. The summed E-state index contributed by atoms with van der Waals surface area (Å²) in [5.74, 6) is -0.233. The van der Waals surface area contributed by atoms with Crippen LogP contribution in [0.3, 0.4) is 0 Å². The highest BCUT2D eigenvalue weighted by atomic mass is 16.5. The summed E-state index contributed by atoms with van der Waals surface area (Å²) in [7, 11) is 1.61. The smallest absolute Gasteiger partial charge is 0.248 e. The van der Waals surface area contributed by atoms with Gasteiger partial charge in [0.25, 0.3) is 0 Å². The molecule has 35 heavy (non-hydrogen) atoms. The van der Waals surface area contributed by atoms with E-state index in [9.17, 15) is 9.59 Å². The van der Waals surface area contributed by atoms with Crippen LogP contribution in [0.4, 0.5) is 5.69 Å². The molecule has 0 aliphatic carbocycles. The Morgan fingerprint density at radius 3 is 2.49 bits per heavy atom. The Balaban J connectivity index is 1.76. The number of benzene rings is 3. The number of carbonyl (C=O) groups is 2. The number of amides is 2. The third-order valence-electron chi connectivity index (χ3n) is 6.11. The number of aryl methyl sites for hydroxylation is 3. The Labute approximate surface area is 204 Å². The molecule has 3 N–H and O–H groups in total. The van der Waals surface area contributed by atoms with Crippen molar-refractivity contribution >= 4 is 34.0 Å². The molecule has 0 atom stereocenters. The zero-order valence-corrected chi connectivity index (χ0v) is 20.5. The molecular weight excluding hydrogens is 440 g/mol. The Morgan fingerprint density at radius 1 is 1.03 bits per heavy atom. The van der Waals surface area contributed by atoms with Gasteiger partial charge in [-0.3, -0.25) is 9.59 Å². The van der Waals surface area contributed by atoms with Gasteiger partial charge in [-0.15, -0.1) is 0 Å². The molecule has 6 heteroatoms. The summed E-state index contributed by atoms with van der Waals surface area (Å²) < 4.78 is 11.7. The van der Waals surface area contributed by atoms with Crippen molar-refractivity contribution in [2.75, 3.05) is 12.4 Å². The van der Waals surface area contributed by atoms with E-state index in [2.05, 4.69) is 37.4 Å². The maximum Gasteiger partial charge on any atom is 0.248 e. The third-order valence-corrected chi connectivity index (χ3v) is 6.11. The van der Waals surface area contributed by atoms with E-state index < -0.39 is 5.91 Å². The number of primary amides is 1. The van der Waals surface area contributed by atoms with E-state index in [0.717, 1.165) is 44.4 Å². The van der Waals surface area contributed by atoms with Crippen LogP contribution < -0.4 is 15.8 Å². The van der Waals surface area contributed by atoms with Gasteiger partial charge in [-0.25, -0.2) is 0 Å². The minimum Gasteiger partial charge on any atom is -0.496 e. The number of anilines is 1. The minimum atomic E-state index is -0.555. The molecule has 1 heterocycles. The van der Waals surface area contributed by atoms with Crippen LogP contribution >= 0.6 is 0 Å². The number of fused-ring (bicyclic) bond motifs is 1. The maximum absolute atomic E-state index is 12.8. The standard InChI is InChI=1S/C29H28N2O4/c1-16-9-10-22(17(2)11-16)25-15-35-28-19(4)27(34-5)23(14-24(25)28)18(3)12-26(32)31-21-8-6-7-20(13-21)29(30)33/h6-15H,1-5H3,(H2,30,33)(H,31,32)/b18-12+. The number of methoxy groups -OCH3 is 1. The van der Waals surface area contributed by atoms with E-state index in [1.165, 1.54) is 11.6 Å².